The molecule has 5 heteroatoms. The number of likely N-dealkylation sites (tertiary alicyclic amines) is 1. The van der Waals surface area contributed by atoms with Gasteiger partial charge < -0.3 is 15.3 Å². The van der Waals surface area contributed by atoms with Crippen LogP contribution < -0.4 is 0 Å². The molecule has 1 heterocycles. The Labute approximate surface area is 95.5 Å². The predicted octanol–water partition coefficient (Wildman–Crippen LogP) is -0.208. The van der Waals surface area contributed by atoms with E-state index in [1.807, 2.05) is 4.90 Å². The van der Waals surface area contributed by atoms with Gasteiger partial charge in [-0.25, -0.2) is 0 Å². The van der Waals surface area contributed by atoms with Crippen molar-refractivity contribution >= 4 is 11.6 Å². The molecule has 0 aliphatic carbocycles. The van der Waals surface area contributed by atoms with Crippen LogP contribution in [-0.4, -0.2) is 63.5 Å². The Morgan fingerprint density at radius 2 is 2.00 bits per heavy atom. The van der Waals surface area contributed by atoms with Gasteiger partial charge >= 0.3 is 0 Å². The summed E-state index contributed by atoms with van der Waals surface area (Å²) in [5, 5.41) is 28.0. The number of halogens is 1. The molecule has 0 aromatic carbocycles. The summed E-state index contributed by atoms with van der Waals surface area (Å²) in [6.07, 6.45) is 0.160. The second-order valence-corrected chi connectivity index (χ2v) is 4.66. The summed E-state index contributed by atoms with van der Waals surface area (Å²) in [4.78, 5) is 1.96. The van der Waals surface area contributed by atoms with Crippen molar-refractivity contribution < 1.29 is 15.3 Å². The first-order valence-corrected chi connectivity index (χ1v) is 5.90. The van der Waals surface area contributed by atoms with Gasteiger partial charge in [-0.2, -0.15) is 0 Å². The molecule has 4 atom stereocenters. The Morgan fingerprint density at radius 3 is 2.53 bits per heavy atom. The molecule has 1 aliphatic rings. The van der Waals surface area contributed by atoms with Crippen LogP contribution in [0.3, 0.4) is 0 Å². The summed E-state index contributed by atoms with van der Waals surface area (Å²) in [5.41, 5.74) is 0. The molecular weight excluding hydrogens is 218 g/mol. The van der Waals surface area contributed by atoms with Gasteiger partial charge in [-0.15, -0.1) is 11.6 Å². The van der Waals surface area contributed by atoms with Gasteiger partial charge in [-0.1, -0.05) is 13.3 Å². The lowest BCUT2D eigenvalue weighted by Gasteiger charge is -2.43. The Morgan fingerprint density at radius 1 is 1.33 bits per heavy atom. The van der Waals surface area contributed by atoms with Gasteiger partial charge in [0.25, 0.3) is 0 Å². The smallest absolute Gasteiger partial charge is 0.0991 e. The summed E-state index contributed by atoms with van der Waals surface area (Å²) in [6, 6.07) is -0.387. The maximum atomic E-state index is 9.74. The van der Waals surface area contributed by atoms with E-state index in [9.17, 15) is 15.3 Å². The predicted molar refractivity (Wildman–Crippen MR) is 59.0 cm³/mol. The number of hydrogen-bond donors (Lipinski definition) is 3. The molecule has 1 rings (SSSR count). The lowest BCUT2D eigenvalue weighted by Crippen LogP contribution is -2.61. The van der Waals surface area contributed by atoms with Crippen LogP contribution in [0.15, 0.2) is 0 Å². The maximum Gasteiger partial charge on any atom is 0.0991 e. The molecule has 0 aromatic heterocycles. The first-order chi connectivity index (χ1) is 7.11. The molecule has 4 nitrogen and oxygen atoms in total. The van der Waals surface area contributed by atoms with E-state index >= 15 is 0 Å². The fourth-order valence-electron chi connectivity index (χ4n) is 1.97. The lowest BCUT2D eigenvalue weighted by atomic mass is 9.96. The van der Waals surface area contributed by atoms with E-state index in [4.69, 9.17) is 11.6 Å². The average Bonchev–Trinajstić information content (AvgIpc) is 2.23. The highest BCUT2D eigenvalue weighted by molar-refractivity contribution is 6.21. The zero-order chi connectivity index (χ0) is 11.4. The van der Waals surface area contributed by atoms with Crippen molar-refractivity contribution in [1.82, 2.24) is 4.90 Å². The lowest BCUT2D eigenvalue weighted by molar-refractivity contribution is -0.0870. The van der Waals surface area contributed by atoms with Gasteiger partial charge in [0.05, 0.1) is 30.2 Å². The highest BCUT2D eigenvalue weighted by Gasteiger charge is 2.40. The number of unbranched alkanes of at least 4 members (excludes halogenated alkanes) is 1. The molecule has 0 spiro atoms. The van der Waals surface area contributed by atoms with Crippen molar-refractivity contribution in [3.8, 4) is 0 Å². The molecule has 1 aliphatic heterocycles. The fourth-order valence-corrected chi connectivity index (χ4v) is 2.29. The van der Waals surface area contributed by atoms with Gasteiger partial charge in [0.1, 0.15) is 0 Å². The summed E-state index contributed by atoms with van der Waals surface area (Å²) in [6.45, 7) is 3.26. The summed E-state index contributed by atoms with van der Waals surface area (Å²) in [7, 11) is 0. The molecule has 0 bridgehead atoms. The Bertz CT molecular complexity index is 194. The summed E-state index contributed by atoms with van der Waals surface area (Å²) in [5.74, 6) is 0. The van der Waals surface area contributed by atoms with Crippen LogP contribution in [0.1, 0.15) is 19.8 Å². The van der Waals surface area contributed by atoms with Crippen molar-refractivity contribution in [2.75, 3.05) is 19.7 Å². The van der Waals surface area contributed by atoms with Crippen LogP contribution in [-0.2, 0) is 0 Å². The van der Waals surface area contributed by atoms with Crippen LogP contribution in [0.25, 0.3) is 0 Å². The third-order valence-electron chi connectivity index (χ3n) is 2.98. The van der Waals surface area contributed by atoms with Gasteiger partial charge in [0.2, 0.25) is 0 Å². The second kappa shape index (κ2) is 6.01. The van der Waals surface area contributed by atoms with Crippen LogP contribution >= 0.6 is 11.6 Å². The number of hydrogen-bond acceptors (Lipinski definition) is 4. The highest BCUT2D eigenvalue weighted by atomic mass is 35.5. The molecule has 90 valence electrons. The van der Waals surface area contributed by atoms with Crippen molar-refractivity contribution in [1.29, 1.82) is 0 Å². The zero-order valence-electron chi connectivity index (χ0n) is 9.01. The average molecular weight is 238 g/mol. The first-order valence-electron chi connectivity index (χ1n) is 5.47. The van der Waals surface area contributed by atoms with Gasteiger partial charge in [-0.3, -0.25) is 4.90 Å². The van der Waals surface area contributed by atoms with Crippen molar-refractivity contribution in [2.45, 2.75) is 43.4 Å². The summed E-state index contributed by atoms with van der Waals surface area (Å²) < 4.78 is 0. The van der Waals surface area contributed by atoms with Gasteiger partial charge in [0.15, 0.2) is 0 Å². The van der Waals surface area contributed by atoms with E-state index in [0.29, 0.717) is 6.54 Å². The SMILES string of the molecule is CCCCN1C[C@H](Cl)[C@@H](O)[C@H](O)[C@H]1CO. The molecule has 0 amide bonds. The minimum Gasteiger partial charge on any atom is -0.395 e. The number of alkyl halides is 1. The quantitative estimate of drug-likeness (QED) is 0.593. The van der Waals surface area contributed by atoms with E-state index in [2.05, 4.69) is 6.92 Å². The molecule has 0 aromatic rings. The van der Waals surface area contributed by atoms with E-state index in [1.54, 1.807) is 0 Å². The van der Waals surface area contributed by atoms with E-state index < -0.39 is 17.6 Å². The van der Waals surface area contributed by atoms with Gasteiger partial charge in [0, 0.05) is 6.54 Å². The third-order valence-corrected chi connectivity index (χ3v) is 3.37. The largest absolute Gasteiger partial charge is 0.395 e. The maximum absolute atomic E-state index is 9.74. The van der Waals surface area contributed by atoms with Crippen LogP contribution in [0, 0.1) is 0 Å². The molecular formula is C10H20ClNO3. The molecule has 0 unspecified atom stereocenters. The molecule has 3 N–H and O–H groups in total. The number of rotatable bonds is 4. The number of aliphatic hydroxyl groups excluding tert-OH is 3. The fraction of sp³-hybridized carbons (Fsp3) is 1.00. The van der Waals surface area contributed by atoms with E-state index in [-0.39, 0.29) is 12.6 Å². The molecule has 0 radical (unpaired) electrons. The topological polar surface area (TPSA) is 63.9 Å². The first kappa shape index (κ1) is 13.2. The molecule has 15 heavy (non-hydrogen) atoms. The van der Waals surface area contributed by atoms with Crippen molar-refractivity contribution in [3.05, 3.63) is 0 Å². The third kappa shape index (κ3) is 3.04. The van der Waals surface area contributed by atoms with Crippen LogP contribution in [0.5, 0.6) is 0 Å². The van der Waals surface area contributed by atoms with Crippen LogP contribution in [0.4, 0.5) is 0 Å². The number of aliphatic hydroxyl groups is 3. The zero-order valence-corrected chi connectivity index (χ0v) is 9.77. The second-order valence-electron chi connectivity index (χ2n) is 4.10. The number of piperidine rings is 1. The standard InChI is InChI=1S/C10H20ClNO3/c1-2-3-4-12-5-7(11)9(14)10(15)8(12)6-13/h7-10,13-15H,2-6H2,1H3/t7-,8+,9+,10+/m0/s1. The minimum absolute atomic E-state index is 0.147. The normalized spacial score (nSPS) is 38.2. The Balaban J connectivity index is 2.60. The summed E-state index contributed by atoms with van der Waals surface area (Å²) >= 11 is 5.92. The van der Waals surface area contributed by atoms with Crippen LogP contribution in [0.2, 0.25) is 0 Å². The minimum atomic E-state index is -0.955. The number of nitrogens with zero attached hydrogens (tertiary/aromatic N) is 1. The molecule has 0 saturated carbocycles. The molecule has 1 fully saturated rings. The van der Waals surface area contributed by atoms with Gasteiger partial charge in [-0.05, 0) is 13.0 Å². The van der Waals surface area contributed by atoms with E-state index in [0.717, 1.165) is 19.4 Å². The van der Waals surface area contributed by atoms with Crippen molar-refractivity contribution in [2.24, 2.45) is 0 Å². The highest BCUT2D eigenvalue weighted by Crippen LogP contribution is 2.22. The monoisotopic (exact) mass is 237 g/mol. The Hall–Kier alpha value is 0.130. The van der Waals surface area contributed by atoms with Crippen molar-refractivity contribution in [3.63, 3.8) is 0 Å². The van der Waals surface area contributed by atoms with E-state index in [1.165, 1.54) is 0 Å². The molecule has 1 saturated heterocycles. The Kier molecular flexibility index (Phi) is 5.29.